The molecule has 19 heteroatoms. The fourth-order valence-electron chi connectivity index (χ4n) is 11.4. The number of phosphoric acid groups is 2. The van der Waals surface area contributed by atoms with E-state index in [0.29, 0.717) is 25.7 Å². The molecule has 0 aliphatic heterocycles. The Balaban J connectivity index is 5.29. The molecule has 0 aromatic carbocycles. The summed E-state index contributed by atoms with van der Waals surface area (Å²) in [5.41, 5.74) is 0. The predicted molar refractivity (Wildman–Crippen MR) is 395 cm³/mol. The third-order valence-electron chi connectivity index (χ3n) is 17.9. The summed E-state index contributed by atoms with van der Waals surface area (Å²) in [5, 5.41) is 10.6. The van der Waals surface area contributed by atoms with Crippen LogP contribution >= 0.6 is 15.6 Å². The Morgan fingerprint density at radius 3 is 0.928 bits per heavy atom. The second-order valence-electron chi connectivity index (χ2n) is 28.1. The molecule has 0 rings (SSSR count). The summed E-state index contributed by atoms with van der Waals surface area (Å²) in [4.78, 5) is 72.9. The van der Waals surface area contributed by atoms with Gasteiger partial charge >= 0.3 is 39.5 Å². The molecule has 0 aromatic rings. The first-order chi connectivity index (χ1) is 46.9. The molecule has 0 radical (unpaired) electrons. The average Bonchev–Trinajstić information content (AvgIpc) is 1.18. The molecular formula is C78H148O17P2. The van der Waals surface area contributed by atoms with E-state index >= 15 is 0 Å². The van der Waals surface area contributed by atoms with E-state index in [-0.39, 0.29) is 25.7 Å². The van der Waals surface area contributed by atoms with Gasteiger partial charge in [-0.2, -0.15) is 0 Å². The van der Waals surface area contributed by atoms with Crippen LogP contribution in [0.5, 0.6) is 0 Å². The highest BCUT2D eigenvalue weighted by Crippen LogP contribution is 2.45. The number of hydrogen-bond acceptors (Lipinski definition) is 15. The number of aliphatic hydroxyl groups is 1. The highest BCUT2D eigenvalue weighted by atomic mass is 31.2. The zero-order valence-corrected chi connectivity index (χ0v) is 64.7. The quantitative estimate of drug-likeness (QED) is 0.0169. The molecule has 0 bridgehead atoms. The SMILES string of the molecule is CCCCCC/C=C\C=C/CCCCCCCC(=O)OC[C@H](COP(=O)(O)OC[C@@H](O)COP(=O)(O)OC[C@@H](COC(=O)CCCCCCCCC(C)CC)OC(=O)CCCCCCCCCCCCCCCCC)OC(=O)CCCCCCCCCCCCCCCCC(C)C. The zero-order chi connectivity index (χ0) is 71.4. The minimum absolute atomic E-state index is 0.101. The molecule has 3 unspecified atom stereocenters. The molecule has 0 saturated heterocycles. The van der Waals surface area contributed by atoms with Crippen molar-refractivity contribution in [1.82, 2.24) is 0 Å². The van der Waals surface area contributed by atoms with Crippen LogP contribution in [-0.2, 0) is 65.4 Å². The van der Waals surface area contributed by atoms with Crippen LogP contribution in [0.4, 0.5) is 0 Å². The topological polar surface area (TPSA) is 237 Å². The number of carbonyl (C=O) groups excluding carboxylic acids is 4. The van der Waals surface area contributed by atoms with Gasteiger partial charge in [-0.05, 0) is 63.2 Å². The lowest BCUT2D eigenvalue weighted by atomic mass is 10.00. The van der Waals surface area contributed by atoms with Gasteiger partial charge in [0.1, 0.15) is 19.3 Å². The van der Waals surface area contributed by atoms with E-state index < -0.39 is 97.5 Å². The van der Waals surface area contributed by atoms with Crippen LogP contribution in [0.1, 0.15) is 382 Å². The second kappa shape index (κ2) is 69.3. The van der Waals surface area contributed by atoms with Gasteiger partial charge in [0.2, 0.25) is 0 Å². The van der Waals surface area contributed by atoms with E-state index in [1.165, 1.54) is 173 Å². The van der Waals surface area contributed by atoms with E-state index in [4.69, 9.17) is 37.0 Å². The van der Waals surface area contributed by atoms with Crippen molar-refractivity contribution in [3.05, 3.63) is 24.3 Å². The van der Waals surface area contributed by atoms with Crippen LogP contribution in [0.15, 0.2) is 24.3 Å². The Kier molecular flexibility index (Phi) is 67.5. The standard InChI is InChI=1S/C78H148O17P2/c1-7-10-12-14-16-18-20-22-24-29-33-37-41-48-54-60-75(80)88-66-73(94-77(82)62-57-51-43-39-35-31-27-26-28-32-36-40-46-52-58-70(4)5)68-92-96(84,85)90-64-72(79)65-91-97(86,87)93-69-74(67-89-76(81)61-55-49-45-44-47-53-59-71(6)9-3)95-78(83)63-56-50-42-38-34-30-25-23-21-19-17-15-13-11-8-2/h18,20,22,24,70-74,79H,7-17,19,21,23,25-69H2,1-6H3,(H,84,85)(H,86,87)/b20-18-,24-22-/t71?,72-,73-,74-/m1/s1. The van der Waals surface area contributed by atoms with E-state index in [1.807, 2.05) is 0 Å². The van der Waals surface area contributed by atoms with Crippen LogP contribution in [0.3, 0.4) is 0 Å². The molecule has 97 heavy (non-hydrogen) atoms. The number of ether oxygens (including phenoxy) is 4. The van der Waals surface area contributed by atoms with Crippen molar-refractivity contribution in [3.63, 3.8) is 0 Å². The van der Waals surface area contributed by atoms with E-state index in [2.05, 4.69) is 65.8 Å². The summed E-state index contributed by atoms with van der Waals surface area (Å²) in [5.74, 6) is -0.621. The Morgan fingerprint density at radius 2 is 0.608 bits per heavy atom. The Morgan fingerprint density at radius 1 is 0.340 bits per heavy atom. The molecule has 3 N–H and O–H groups in total. The lowest BCUT2D eigenvalue weighted by Crippen LogP contribution is -2.30. The fraction of sp³-hybridized carbons (Fsp3) is 0.897. The number of rotatable bonds is 75. The minimum Gasteiger partial charge on any atom is -0.462 e. The number of phosphoric ester groups is 2. The van der Waals surface area contributed by atoms with Crippen molar-refractivity contribution in [2.24, 2.45) is 11.8 Å². The molecule has 17 nitrogen and oxygen atoms in total. The molecule has 0 amide bonds. The van der Waals surface area contributed by atoms with Crippen molar-refractivity contribution >= 4 is 39.5 Å². The third kappa shape index (κ3) is 70.4. The fourth-order valence-corrected chi connectivity index (χ4v) is 13.0. The molecular weight excluding hydrogens is 1270 g/mol. The van der Waals surface area contributed by atoms with Gasteiger partial charge in [-0.3, -0.25) is 37.3 Å². The van der Waals surface area contributed by atoms with Crippen LogP contribution in [-0.4, -0.2) is 96.7 Å². The molecule has 0 saturated carbocycles. The first-order valence-electron chi connectivity index (χ1n) is 39.8. The Bertz CT molecular complexity index is 1970. The zero-order valence-electron chi connectivity index (χ0n) is 62.9. The smallest absolute Gasteiger partial charge is 0.462 e. The highest BCUT2D eigenvalue weighted by Gasteiger charge is 2.30. The van der Waals surface area contributed by atoms with Crippen LogP contribution in [0.2, 0.25) is 0 Å². The van der Waals surface area contributed by atoms with Gasteiger partial charge in [-0.1, -0.05) is 329 Å². The van der Waals surface area contributed by atoms with Crippen molar-refractivity contribution in [2.75, 3.05) is 39.6 Å². The molecule has 0 aromatic heterocycles. The monoisotopic (exact) mass is 1420 g/mol. The van der Waals surface area contributed by atoms with Gasteiger partial charge in [0.15, 0.2) is 12.2 Å². The number of unbranched alkanes of at least 4 members (excludes halogenated alkanes) is 41. The lowest BCUT2D eigenvalue weighted by Gasteiger charge is -2.21. The maximum atomic E-state index is 13.1. The third-order valence-corrected chi connectivity index (χ3v) is 19.8. The first-order valence-corrected chi connectivity index (χ1v) is 42.8. The summed E-state index contributed by atoms with van der Waals surface area (Å²) < 4.78 is 68.6. The highest BCUT2D eigenvalue weighted by molar-refractivity contribution is 7.47. The predicted octanol–water partition coefficient (Wildman–Crippen LogP) is 22.7. The minimum atomic E-state index is -4.97. The van der Waals surface area contributed by atoms with E-state index in [1.54, 1.807) is 0 Å². The summed E-state index contributed by atoms with van der Waals surface area (Å²) in [7, 11) is -9.93. The lowest BCUT2D eigenvalue weighted by molar-refractivity contribution is -0.161. The Labute approximate surface area is 592 Å². The second-order valence-corrected chi connectivity index (χ2v) is 31.0. The summed E-state index contributed by atoms with van der Waals surface area (Å²) in [6.45, 7) is 9.53. The van der Waals surface area contributed by atoms with Crippen LogP contribution < -0.4 is 0 Å². The van der Waals surface area contributed by atoms with Gasteiger partial charge in [0, 0.05) is 25.7 Å². The maximum Gasteiger partial charge on any atom is 0.472 e. The van der Waals surface area contributed by atoms with Crippen LogP contribution in [0, 0.1) is 11.8 Å². The van der Waals surface area contributed by atoms with Gasteiger partial charge < -0.3 is 33.8 Å². The number of carbonyl (C=O) groups is 4. The molecule has 0 fully saturated rings. The largest absolute Gasteiger partial charge is 0.472 e. The van der Waals surface area contributed by atoms with E-state index in [9.17, 15) is 43.2 Å². The molecule has 0 aliphatic rings. The van der Waals surface area contributed by atoms with Gasteiger partial charge in [0.25, 0.3) is 0 Å². The van der Waals surface area contributed by atoms with Gasteiger partial charge in [0.05, 0.1) is 26.4 Å². The van der Waals surface area contributed by atoms with Crippen LogP contribution in [0.25, 0.3) is 0 Å². The van der Waals surface area contributed by atoms with Crippen molar-refractivity contribution in [1.29, 1.82) is 0 Å². The van der Waals surface area contributed by atoms with Gasteiger partial charge in [-0.15, -0.1) is 0 Å². The first kappa shape index (κ1) is 94.5. The summed E-state index contributed by atoms with van der Waals surface area (Å²) in [6.07, 6.45) is 60.4. The number of esters is 4. The van der Waals surface area contributed by atoms with Crippen molar-refractivity contribution in [2.45, 2.75) is 400 Å². The Hall–Kier alpha value is -2.46. The summed E-state index contributed by atoms with van der Waals surface area (Å²) in [6, 6.07) is 0. The molecule has 0 aliphatic carbocycles. The molecule has 0 heterocycles. The molecule has 6 atom stereocenters. The van der Waals surface area contributed by atoms with Crippen molar-refractivity contribution in [3.8, 4) is 0 Å². The normalized spacial score (nSPS) is 14.4. The average molecular weight is 1420 g/mol. The van der Waals surface area contributed by atoms with Crippen molar-refractivity contribution < 1.29 is 80.2 Å². The van der Waals surface area contributed by atoms with Gasteiger partial charge in [-0.25, -0.2) is 9.13 Å². The molecule has 0 spiro atoms. The number of aliphatic hydroxyl groups excluding tert-OH is 1. The summed E-state index contributed by atoms with van der Waals surface area (Å²) >= 11 is 0. The number of hydrogen-bond donors (Lipinski definition) is 3. The molecule has 572 valence electrons. The number of allylic oxidation sites excluding steroid dienone is 4. The van der Waals surface area contributed by atoms with E-state index in [0.717, 1.165) is 127 Å². The maximum absolute atomic E-state index is 13.1.